The summed E-state index contributed by atoms with van der Waals surface area (Å²) in [5.41, 5.74) is 1.93. The number of thioether (sulfide) groups is 1. The topological polar surface area (TPSA) is 66.4 Å². The summed E-state index contributed by atoms with van der Waals surface area (Å²) in [6.45, 7) is 0. The van der Waals surface area contributed by atoms with Crippen LogP contribution < -0.4 is 5.32 Å². The summed E-state index contributed by atoms with van der Waals surface area (Å²) in [4.78, 5) is 23.8. The third-order valence-electron chi connectivity index (χ3n) is 2.92. The molecule has 0 aromatic heterocycles. The molecule has 0 fully saturated rings. The second-order valence-electron chi connectivity index (χ2n) is 4.45. The number of benzene rings is 2. The Morgan fingerprint density at radius 1 is 1.05 bits per heavy atom. The third kappa shape index (κ3) is 4.36. The van der Waals surface area contributed by atoms with Crippen molar-refractivity contribution in [1.82, 2.24) is 0 Å². The van der Waals surface area contributed by atoms with Gasteiger partial charge in [0.05, 0.1) is 6.42 Å². The average Bonchev–Trinajstić information content (AvgIpc) is 2.49. The molecule has 0 saturated carbocycles. The minimum atomic E-state index is -0.874. The van der Waals surface area contributed by atoms with E-state index < -0.39 is 5.97 Å². The number of amides is 1. The first-order valence-electron chi connectivity index (χ1n) is 6.34. The Morgan fingerprint density at radius 3 is 2.19 bits per heavy atom. The maximum absolute atomic E-state index is 12.1. The molecular weight excluding hydrogens is 286 g/mol. The molecule has 0 heterocycles. The highest BCUT2D eigenvalue weighted by Gasteiger charge is 2.06. The van der Waals surface area contributed by atoms with Crippen LogP contribution in [0.2, 0.25) is 0 Å². The quantitative estimate of drug-likeness (QED) is 0.832. The first-order chi connectivity index (χ1) is 10.1. The van der Waals surface area contributed by atoms with Crippen molar-refractivity contribution < 1.29 is 14.7 Å². The lowest BCUT2D eigenvalue weighted by Crippen LogP contribution is -2.11. The summed E-state index contributed by atoms with van der Waals surface area (Å²) in [6, 6.07) is 14.1. The van der Waals surface area contributed by atoms with Crippen molar-refractivity contribution in [2.75, 3.05) is 11.6 Å². The van der Waals surface area contributed by atoms with Gasteiger partial charge in [-0.2, -0.15) is 0 Å². The van der Waals surface area contributed by atoms with Crippen LogP contribution in [0.15, 0.2) is 53.4 Å². The SMILES string of the molecule is CSc1ccc(C(=O)Nc2ccc(CC(=O)O)cc2)cc1. The fourth-order valence-electron chi connectivity index (χ4n) is 1.83. The van der Waals surface area contributed by atoms with E-state index in [0.29, 0.717) is 16.8 Å². The molecule has 2 N–H and O–H groups in total. The molecule has 2 rings (SSSR count). The molecule has 2 aromatic carbocycles. The number of carbonyl (C=O) groups is 2. The molecule has 0 atom stereocenters. The van der Waals surface area contributed by atoms with Crippen LogP contribution in [0.1, 0.15) is 15.9 Å². The minimum absolute atomic E-state index is 0.0234. The van der Waals surface area contributed by atoms with Crippen molar-refractivity contribution in [3.05, 3.63) is 59.7 Å². The highest BCUT2D eigenvalue weighted by molar-refractivity contribution is 7.98. The molecule has 0 bridgehead atoms. The first kappa shape index (κ1) is 15.1. The Balaban J connectivity index is 2.03. The molecule has 0 aliphatic rings. The second-order valence-corrected chi connectivity index (χ2v) is 5.33. The molecule has 108 valence electrons. The zero-order chi connectivity index (χ0) is 15.2. The maximum atomic E-state index is 12.1. The van der Waals surface area contributed by atoms with Crippen molar-refractivity contribution in [1.29, 1.82) is 0 Å². The van der Waals surface area contributed by atoms with Gasteiger partial charge in [-0.3, -0.25) is 9.59 Å². The Labute approximate surface area is 127 Å². The number of aliphatic carboxylic acids is 1. The minimum Gasteiger partial charge on any atom is -0.481 e. The zero-order valence-corrected chi connectivity index (χ0v) is 12.3. The van der Waals surface area contributed by atoms with Gasteiger partial charge in [0.15, 0.2) is 0 Å². The molecule has 5 heteroatoms. The monoisotopic (exact) mass is 301 g/mol. The zero-order valence-electron chi connectivity index (χ0n) is 11.5. The smallest absolute Gasteiger partial charge is 0.307 e. The van der Waals surface area contributed by atoms with E-state index in [2.05, 4.69) is 5.32 Å². The lowest BCUT2D eigenvalue weighted by molar-refractivity contribution is -0.136. The summed E-state index contributed by atoms with van der Waals surface area (Å²) in [5, 5.41) is 11.5. The van der Waals surface area contributed by atoms with Gasteiger partial charge in [0.25, 0.3) is 5.91 Å². The van der Waals surface area contributed by atoms with Crippen molar-refractivity contribution in [3.63, 3.8) is 0 Å². The van der Waals surface area contributed by atoms with Gasteiger partial charge in [-0.15, -0.1) is 11.8 Å². The second kappa shape index (κ2) is 6.95. The van der Waals surface area contributed by atoms with Gasteiger partial charge in [0.2, 0.25) is 0 Å². The summed E-state index contributed by atoms with van der Waals surface area (Å²) < 4.78 is 0. The van der Waals surface area contributed by atoms with E-state index in [1.54, 1.807) is 48.2 Å². The van der Waals surface area contributed by atoms with E-state index in [9.17, 15) is 9.59 Å². The molecular formula is C16H15NO3S. The highest BCUT2D eigenvalue weighted by Crippen LogP contribution is 2.16. The normalized spacial score (nSPS) is 10.1. The van der Waals surface area contributed by atoms with E-state index in [4.69, 9.17) is 5.11 Å². The number of hydrogen-bond donors (Lipinski definition) is 2. The highest BCUT2D eigenvalue weighted by atomic mass is 32.2. The summed E-state index contributed by atoms with van der Waals surface area (Å²) >= 11 is 1.62. The number of carboxylic acid groups (broad SMARTS) is 1. The van der Waals surface area contributed by atoms with Crippen LogP contribution in [-0.4, -0.2) is 23.2 Å². The first-order valence-corrected chi connectivity index (χ1v) is 7.57. The predicted octanol–water partition coefficient (Wildman–Crippen LogP) is 3.29. The number of hydrogen-bond acceptors (Lipinski definition) is 3. The van der Waals surface area contributed by atoms with Crippen molar-refractivity contribution in [2.45, 2.75) is 11.3 Å². The number of rotatable bonds is 5. The van der Waals surface area contributed by atoms with Gasteiger partial charge in [-0.1, -0.05) is 12.1 Å². The summed E-state index contributed by atoms with van der Waals surface area (Å²) in [7, 11) is 0. The average molecular weight is 301 g/mol. The predicted molar refractivity (Wildman–Crippen MR) is 84.0 cm³/mol. The Bertz CT molecular complexity index is 636. The maximum Gasteiger partial charge on any atom is 0.307 e. The van der Waals surface area contributed by atoms with Gasteiger partial charge < -0.3 is 10.4 Å². The van der Waals surface area contributed by atoms with Gasteiger partial charge >= 0.3 is 5.97 Å². The summed E-state index contributed by atoms with van der Waals surface area (Å²) in [5.74, 6) is -1.06. The molecule has 4 nitrogen and oxygen atoms in total. The van der Waals surface area contributed by atoms with E-state index >= 15 is 0 Å². The fraction of sp³-hybridized carbons (Fsp3) is 0.125. The Kier molecular flexibility index (Phi) is 5.00. The molecule has 1 amide bonds. The van der Waals surface area contributed by atoms with Crippen molar-refractivity contribution in [3.8, 4) is 0 Å². The molecule has 0 spiro atoms. The van der Waals surface area contributed by atoms with E-state index in [-0.39, 0.29) is 12.3 Å². The molecule has 0 saturated heterocycles. The van der Waals surface area contributed by atoms with Gasteiger partial charge in [0.1, 0.15) is 0 Å². The molecule has 0 radical (unpaired) electrons. The van der Waals surface area contributed by atoms with Crippen LogP contribution in [0.4, 0.5) is 5.69 Å². The number of anilines is 1. The van der Waals surface area contributed by atoms with Crippen LogP contribution in [-0.2, 0) is 11.2 Å². The Morgan fingerprint density at radius 2 is 1.67 bits per heavy atom. The van der Waals surface area contributed by atoms with Crippen molar-refractivity contribution >= 4 is 29.3 Å². The number of carboxylic acids is 1. The lowest BCUT2D eigenvalue weighted by atomic mass is 10.1. The standard InChI is InChI=1S/C16H15NO3S/c1-21-14-8-4-12(5-9-14)16(20)17-13-6-2-11(3-7-13)10-15(18)19/h2-9H,10H2,1H3,(H,17,20)(H,18,19). The van der Waals surface area contributed by atoms with Crippen LogP contribution in [0, 0.1) is 0 Å². The van der Waals surface area contributed by atoms with Crippen molar-refractivity contribution in [2.24, 2.45) is 0 Å². The van der Waals surface area contributed by atoms with Gasteiger partial charge in [0, 0.05) is 16.1 Å². The van der Waals surface area contributed by atoms with Crippen LogP contribution in [0.5, 0.6) is 0 Å². The Hall–Kier alpha value is -2.27. The third-order valence-corrected chi connectivity index (χ3v) is 3.66. The van der Waals surface area contributed by atoms with Crippen LogP contribution in [0.25, 0.3) is 0 Å². The molecule has 21 heavy (non-hydrogen) atoms. The van der Waals surface area contributed by atoms with E-state index in [1.807, 2.05) is 18.4 Å². The van der Waals surface area contributed by atoms with E-state index in [1.165, 1.54) is 0 Å². The summed E-state index contributed by atoms with van der Waals surface area (Å²) in [6.07, 6.45) is 1.96. The molecule has 0 aliphatic carbocycles. The van der Waals surface area contributed by atoms with Gasteiger partial charge in [-0.05, 0) is 48.2 Å². The molecule has 2 aromatic rings. The van der Waals surface area contributed by atoms with Crippen LogP contribution in [0.3, 0.4) is 0 Å². The number of nitrogens with one attached hydrogen (secondary N) is 1. The van der Waals surface area contributed by atoms with E-state index in [0.717, 1.165) is 4.90 Å². The fourth-order valence-corrected chi connectivity index (χ4v) is 2.23. The number of carbonyl (C=O) groups excluding carboxylic acids is 1. The molecule has 0 unspecified atom stereocenters. The van der Waals surface area contributed by atoms with Gasteiger partial charge in [-0.25, -0.2) is 0 Å². The lowest BCUT2D eigenvalue weighted by Gasteiger charge is -2.06. The largest absolute Gasteiger partial charge is 0.481 e. The van der Waals surface area contributed by atoms with Crippen LogP contribution >= 0.6 is 11.8 Å². The molecule has 0 aliphatic heterocycles.